The molecule has 0 unspecified atom stereocenters. The van der Waals surface area contributed by atoms with Crippen LogP contribution in [-0.4, -0.2) is 24.1 Å². The van der Waals surface area contributed by atoms with Gasteiger partial charge in [0.2, 0.25) is 11.8 Å². The second-order valence-electron chi connectivity index (χ2n) is 4.69. The maximum atomic E-state index is 11.7. The zero-order valence-corrected chi connectivity index (χ0v) is 13.1. The molecule has 0 saturated heterocycles. The van der Waals surface area contributed by atoms with E-state index in [4.69, 9.17) is 4.42 Å². The highest BCUT2D eigenvalue weighted by Crippen LogP contribution is 2.21. The number of hydrogen-bond acceptors (Lipinski definition) is 4. The van der Waals surface area contributed by atoms with Crippen LogP contribution in [0.3, 0.4) is 0 Å². The first-order valence-electron chi connectivity index (χ1n) is 6.89. The molecule has 0 bridgehead atoms. The molecule has 2 amide bonds. The average molecular weight is 318 g/mol. The van der Waals surface area contributed by atoms with Crippen molar-refractivity contribution in [1.82, 2.24) is 10.6 Å². The van der Waals surface area contributed by atoms with E-state index in [1.807, 2.05) is 31.2 Å². The van der Waals surface area contributed by atoms with Crippen molar-refractivity contribution in [2.24, 2.45) is 0 Å². The Kier molecular flexibility index (Phi) is 6.09. The van der Waals surface area contributed by atoms with Gasteiger partial charge in [0.05, 0.1) is 25.1 Å². The van der Waals surface area contributed by atoms with Gasteiger partial charge in [0.1, 0.15) is 5.76 Å². The smallest absolute Gasteiger partial charge is 0.239 e. The van der Waals surface area contributed by atoms with Crippen molar-refractivity contribution in [3.63, 3.8) is 0 Å². The third-order valence-corrected chi connectivity index (χ3v) is 4.11. The van der Waals surface area contributed by atoms with Crippen molar-refractivity contribution in [2.45, 2.75) is 18.4 Å². The quantitative estimate of drug-likeness (QED) is 0.767. The molecular formula is C16H18N2O3S. The van der Waals surface area contributed by atoms with E-state index in [2.05, 4.69) is 10.6 Å². The summed E-state index contributed by atoms with van der Waals surface area (Å²) < 4.78 is 5.10. The van der Waals surface area contributed by atoms with Crippen LogP contribution in [0.4, 0.5) is 0 Å². The summed E-state index contributed by atoms with van der Waals surface area (Å²) in [5.41, 5.74) is 1.14. The van der Waals surface area contributed by atoms with E-state index in [9.17, 15) is 9.59 Å². The molecule has 0 fully saturated rings. The number of thioether (sulfide) groups is 1. The summed E-state index contributed by atoms with van der Waals surface area (Å²) in [7, 11) is 0. The number of nitrogens with one attached hydrogen (secondary N) is 2. The average Bonchev–Trinajstić information content (AvgIpc) is 3.03. The molecule has 0 saturated carbocycles. The third-order valence-electron chi connectivity index (χ3n) is 2.94. The predicted octanol–water partition coefficient (Wildman–Crippen LogP) is 2.11. The van der Waals surface area contributed by atoms with E-state index in [-0.39, 0.29) is 24.1 Å². The molecule has 0 aliphatic rings. The normalized spacial score (nSPS) is 10.2. The maximum absolute atomic E-state index is 11.7. The van der Waals surface area contributed by atoms with Crippen LogP contribution in [0, 0.1) is 6.92 Å². The Morgan fingerprint density at radius 2 is 1.91 bits per heavy atom. The number of hydrogen-bond donors (Lipinski definition) is 2. The van der Waals surface area contributed by atoms with Crippen molar-refractivity contribution < 1.29 is 14.0 Å². The van der Waals surface area contributed by atoms with Crippen LogP contribution in [0.5, 0.6) is 0 Å². The highest BCUT2D eigenvalue weighted by atomic mass is 32.2. The van der Waals surface area contributed by atoms with Crippen LogP contribution >= 0.6 is 11.8 Å². The molecule has 0 aliphatic carbocycles. The van der Waals surface area contributed by atoms with Crippen molar-refractivity contribution in [1.29, 1.82) is 0 Å². The molecule has 0 spiro atoms. The highest BCUT2D eigenvalue weighted by molar-refractivity contribution is 8.00. The summed E-state index contributed by atoms with van der Waals surface area (Å²) in [6, 6.07) is 11.4. The fourth-order valence-corrected chi connectivity index (χ4v) is 2.61. The van der Waals surface area contributed by atoms with Gasteiger partial charge in [0, 0.05) is 4.90 Å². The van der Waals surface area contributed by atoms with Crippen LogP contribution in [0.1, 0.15) is 11.3 Å². The van der Waals surface area contributed by atoms with Gasteiger partial charge < -0.3 is 15.1 Å². The number of furan rings is 1. The Balaban J connectivity index is 1.65. The molecule has 1 heterocycles. The van der Waals surface area contributed by atoms with Crippen LogP contribution < -0.4 is 10.6 Å². The molecule has 2 N–H and O–H groups in total. The summed E-state index contributed by atoms with van der Waals surface area (Å²) >= 11 is 1.46. The molecule has 2 rings (SSSR count). The first kappa shape index (κ1) is 16.2. The Bertz CT molecular complexity index is 626. The molecule has 6 heteroatoms. The number of benzene rings is 1. The second-order valence-corrected chi connectivity index (χ2v) is 5.70. The first-order chi connectivity index (χ1) is 10.6. The van der Waals surface area contributed by atoms with Crippen LogP contribution in [0.2, 0.25) is 0 Å². The number of carbonyl (C=O) groups is 2. The summed E-state index contributed by atoms with van der Waals surface area (Å²) in [6.07, 6.45) is 1.55. The molecule has 0 aliphatic heterocycles. The lowest BCUT2D eigenvalue weighted by Gasteiger charge is -2.07. The Morgan fingerprint density at radius 3 is 2.64 bits per heavy atom. The maximum Gasteiger partial charge on any atom is 0.239 e. The van der Waals surface area contributed by atoms with Gasteiger partial charge in [0.15, 0.2) is 0 Å². The zero-order valence-electron chi connectivity index (χ0n) is 12.3. The first-order valence-corrected chi connectivity index (χ1v) is 7.88. The molecule has 1 aromatic carbocycles. The van der Waals surface area contributed by atoms with Crippen molar-refractivity contribution in [2.75, 3.05) is 12.3 Å². The Labute approximate surface area is 133 Å². The minimum Gasteiger partial charge on any atom is -0.467 e. The fourth-order valence-electron chi connectivity index (χ4n) is 1.75. The lowest BCUT2D eigenvalue weighted by Crippen LogP contribution is -2.37. The fraction of sp³-hybridized carbons (Fsp3) is 0.250. The minimum absolute atomic E-state index is 0.0339. The zero-order chi connectivity index (χ0) is 15.8. The van der Waals surface area contributed by atoms with E-state index >= 15 is 0 Å². The molecule has 116 valence electrons. The molecular weight excluding hydrogens is 300 g/mol. The molecule has 2 aromatic rings. The lowest BCUT2D eigenvalue weighted by molar-refractivity contribution is -0.124. The van der Waals surface area contributed by atoms with E-state index in [1.165, 1.54) is 11.8 Å². The SMILES string of the molecule is Cc1ccccc1SCC(=O)NCC(=O)NCc1ccco1. The Morgan fingerprint density at radius 1 is 1.09 bits per heavy atom. The topological polar surface area (TPSA) is 71.3 Å². The van der Waals surface area contributed by atoms with E-state index in [0.717, 1.165) is 10.5 Å². The van der Waals surface area contributed by atoms with Gasteiger partial charge in [0.25, 0.3) is 0 Å². The monoisotopic (exact) mass is 318 g/mol. The largest absolute Gasteiger partial charge is 0.467 e. The Hall–Kier alpha value is -2.21. The van der Waals surface area contributed by atoms with E-state index in [0.29, 0.717) is 12.3 Å². The minimum atomic E-state index is -0.245. The third kappa shape index (κ3) is 5.29. The van der Waals surface area contributed by atoms with Crippen molar-refractivity contribution >= 4 is 23.6 Å². The van der Waals surface area contributed by atoms with E-state index < -0.39 is 0 Å². The number of aryl methyl sites for hydroxylation is 1. The number of carbonyl (C=O) groups excluding carboxylic acids is 2. The van der Waals surface area contributed by atoms with Crippen molar-refractivity contribution in [3.8, 4) is 0 Å². The van der Waals surface area contributed by atoms with Gasteiger partial charge >= 0.3 is 0 Å². The summed E-state index contributed by atoms with van der Waals surface area (Å²) in [5.74, 6) is 0.554. The summed E-state index contributed by atoms with van der Waals surface area (Å²) in [5, 5.41) is 5.27. The lowest BCUT2D eigenvalue weighted by atomic mass is 10.2. The molecule has 1 aromatic heterocycles. The van der Waals surface area contributed by atoms with Gasteiger partial charge in [-0.25, -0.2) is 0 Å². The van der Waals surface area contributed by atoms with Crippen molar-refractivity contribution in [3.05, 3.63) is 54.0 Å². The van der Waals surface area contributed by atoms with Crippen LogP contribution in [0.25, 0.3) is 0 Å². The molecule has 22 heavy (non-hydrogen) atoms. The molecule has 0 radical (unpaired) electrons. The molecule has 0 atom stereocenters. The van der Waals surface area contributed by atoms with E-state index in [1.54, 1.807) is 18.4 Å². The van der Waals surface area contributed by atoms with Crippen LogP contribution in [-0.2, 0) is 16.1 Å². The van der Waals surface area contributed by atoms with Gasteiger partial charge in [-0.3, -0.25) is 9.59 Å². The standard InChI is InChI=1S/C16H18N2O3S/c1-12-5-2-3-7-14(12)22-11-16(20)18-10-15(19)17-9-13-6-4-8-21-13/h2-8H,9-11H2,1H3,(H,17,19)(H,18,20). The highest BCUT2D eigenvalue weighted by Gasteiger charge is 2.07. The number of rotatable bonds is 7. The summed E-state index contributed by atoms with van der Waals surface area (Å²) in [6.45, 7) is 2.29. The van der Waals surface area contributed by atoms with Gasteiger partial charge in [-0.2, -0.15) is 0 Å². The van der Waals surface area contributed by atoms with Crippen LogP contribution in [0.15, 0.2) is 52.0 Å². The van der Waals surface area contributed by atoms with Gasteiger partial charge in [-0.15, -0.1) is 11.8 Å². The van der Waals surface area contributed by atoms with Gasteiger partial charge in [-0.1, -0.05) is 18.2 Å². The molecule has 5 nitrogen and oxygen atoms in total. The predicted molar refractivity (Wildman–Crippen MR) is 85.5 cm³/mol. The number of amides is 2. The van der Waals surface area contributed by atoms with Gasteiger partial charge in [-0.05, 0) is 30.7 Å². The summed E-state index contributed by atoms with van der Waals surface area (Å²) in [4.78, 5) is 24.4. The second kappa shape index (κ2) is 8.29.